The molecule has 0 aliphatic heterocycles. The van der Waals surface area contributed by atoms with Gasteiger partial charge >= 0.3 is 5.97 Å². The standard InChI is InChI=1S/C21H16O3/c22-20(17-11-5-2-6-12-17)18-13-7-8-14-19(18)21(23)24-15-16-9-3-1-4-10-16/h1-14H,15H2. The van der Waals surface area contributed by atoms with E-state index in [1.54, 1.807) is 48.5 Å². The van der Waals surface area contributed by atoms with Gasteiger partial charge in [-0.1, -0.05) is 78.9 Å². The lowest BCUT2D eigenvalue weighted by atomic mass is 9.98. The molecule has 0 fully saturated rings. The van der Waals surface area contributed by atoms with Gasteiger partial charge in [-0.3, -0.25) is 4.79 Å². The van der Waals surface area contributed by atoms with Crippen LogP contribution < -0.4 is 0 Å². The van der Waals surface area contributed by atoms with E-state index in [4.69, 9.17) is 4.74 Å². The van der Waals surface area contributed by atoms with Gasteiger partial charge in [-0.2, -0.15) is 0 Å². The van der Waals surface area contributed by atoms with Crippen molar-refractivity contribution in [1.82, 2.24) is 0 Å². The van der Waals surface area contributed by atoms with Crippen molar-refractivity contribution in [3.05, 3.63) is 107 Å². The first kappa shape index (κ1) is 15.7. The predicted molar refractivity (Wildman–Crippen MR) is 91.9 cm³/mol. The van der Waals surface area contributed by atoms with Gasteiger partial charge in [0.05, 0.1) is 5.56 Å². The van der Waals surface area contributed by atoms with Crippen LogP contribution in [0, 0.1) is 0 Å². The Morgan fingerprint density at radius 2 is 1.21 bits per heavy atom. The maximum absolute atomic E-state index is 12.6. The summed E-state index contributed by atoms with van der Waals surface area (Å²) < 4.78 is 5.35. The second-order valence-corrected chi connectivity index (χ2v) is 5.30. The highest BCUT2D eigenvalue weighted by Gasteiger charge is 2.18. The Morgan fingerprint density at radius 3 is 1.88 bits per heavy atom. The number of hydrogen-bond acceptors (Lipinski definition) is 3. The van der Waals surface area contributed by atoms with Crippen molar-refractivity contribution in [3.8, 4) is 0 Å². The van der Waals surface area contributed by atoms with Gasteiger partial charge in [-0.25, -0.2) is 4.79 Å². The molecule has 0 amide bonds. The van der Waals surface area contributed by atoms with Gasteiger partial charge in [0.15, 0.2) is 5.78 Å². The molecule has 0 spiro atoms. The zero-order valence-corrected chi connectivity index (χ0v) is 13.0. The summed E-state index contributed by atoms with van der Waals surface area (Å²) in [5, 5.41) is 0. The largest absolute Gasteiger partial charge is 0.457 e. The maximum atomic E-state index is 12.6. The van der Waals surface area contributed by atoms with E-state index in [1.807, 2.05) is 36.4 Å². The van der Waals surface area contributed by atoms with Crippen molar-refractivity contribution in [2.24, 2.45) is 0 Å². The van der Waals surface area contributed by atoms with E-state index in [-0.39, 0.29) is 18.0 Å². The van der Waals surface area contributed by atoms with E-state index < -0.39 is 5.97 Å². The smallest absolute Gasteiger partial charge is 0.339 e. The molecule has 0 bridgehead atoms. The summed E-state index contributed by atoms with van der Waals surface area (Å²) in [5.74, 6) is -0.693. The average Bonchev–Trinajstić information content (AvgIpc) is 2.67. The van der Waals surface area contributed by atoms with Crippen molar-refractivity contribution in [1.29, 1.82) is 0 Å². The summed E-state index contributed by atoms with van der Waals surface area (Å²) in [4.78, 5) is 25.0. The highest BCUT2D eigenvalue weighted by Crippen LogP contribution is 2.16. The van der Waals surface area contributed by atoms with E-state index in [0.29, 0.717) is 11.1 Å². The van der Waals surface area contributed by atoms with Crippen LogP contribution in [0.1, 0.15) is 31.8 Å². The van der Waals surface area contributed by atoms with Gasteiger partial charge in [0.1, 0.15) is 6.61 Å². The van der Waals surface area contributed by atoms with Crippen molar-refractivity contribution in [2.75, 3.05) is 0 Å². The zero-order chi connectivity index (χ0) is 16.8. The fourth-order valence-electron chi connectivity index (χ4n) is 2.41. The topological polar surface area (TPSA) is 43.4 Å². The second kappa shape index (κ2) is 7.38. The van der Waals surface area contributed by atoms with Gasteiger partial charge < -0.3 is 4.74 Å². The number of ether oxygens (including phenoxy) is 1. The van der Waals surface area contributed by atoms with Gasteiger partial charge in [0.2, 0.25) is 0 Å². The van der Waals surface area contributed by atoms with Crippen molar-refractivity contribution < 1.29 is 14.3 Å². The molecule has 0 heterocycles. The lowest BCUT2D eigenvalue weighted by molar-refractivity contribution is 0.0470. The molecule has 3 nitrogen and oxygen atoms in total. The molecular formula is C21H16O3. The molecule has 0 atom stereocenters. The van der Waals surface area contributed by atoms with E-state index in [1.165, 1.54) is 0 Å². The number of carbonyl (C=O) groups excluding carboxylic acids is 2. The third kappa shape index (κ3) is 3.58. The van der Waals surface area contributed by atoms with Crippen molar-refractivity contribution in [2.45, 2.75) is 6.61 Å². The fraction of sp³-hybridized carbons (Fsp3) is 0.0476. The maximum Gasteiger partial charge on any atom is 0.339 e. The normalized spacial score (nSPS) is 10.2. The number of rotatable bonds is 5. The molecule has 0 N–H and O–H groups in total. The van der Waals surface area contributed by atoms with Crippen molar-refractivity contribution in [3.63, 3.8) is 0 Å². The van der Waals surface area contributed by atoms with Crippen LogP contribution in [0.25, 0.3) is 0 Å². The quantitative estimate of drug-likeness (QED) is 0.521. The summed E-state index contributed by atoms with van der Waals surface area (Å²) in [7, 11) is 0. The van der Waals surface area contributed by atoms with E-state index in [9.17, 15) is 9.59 Å². The Bertz CT molecular complexity index is 839. The monoisotopic (exact) mass is 316 g/mol. The van der Waals surface area contributed by atoms with Crippen LogP contribution in [0.2, 0.25) is 0 Å². The third-order valence-electron chi connectivity index (χ3n) is 3.64. The first-order valence-electron chi connectivity index (χ1n) is 7.65. The first-order chi connectivity index (χ1) is 11.8. The van der Waals surface area contributed by atoms with Gasteiger partial charge in [0, 0.05) is 11.1 Å². The molecule has 118 valence electrons. The Morgan fingerprint density at radius 1 is 0.667 bits per heavy atom. The minimum absolute atomic E-state index is 0.174. The summed E-state index contributed by atoms with van der Waals surface area (Å²) in [6, 6.07) is 25.1. The van der Waals surface area contributed by atoms with Crippen LogP contribution in [0.5, 0.6) is 0 Å². The summed E-state index contributed by atoms with van der Waals surface area (Å²) in [6.45, 7) is 0.174. The number of esters is 1. The number of benzene rings is 3. The molecule has 3 aromatic carbocycles. The van der Waals surface area contributed by atoms with Crippen LogP contribution in [-0.4, -0.2) is 11.8 Å². The zero-order valence-electron chi connectivity index (χ0n) is 13.0. The molecule has 0 aromatic heterocycles. The minimum atomic E-state index is -0.501. The number of hydrogen-bond donors (Lipinski definition) is 0. The fourth-order valence-corrected chi connectivity index (χ4v) is 2.41. The Balaban J connectivity index is 1.81. The number of carbonyl (C=O) groups is 2. The molecule has 0 saturated heterocycles. The third-order valence-corrected chi connectivity index (χ3v) is 3.64. The van der Waals surface area contributed by atoms with Crippen LogP contribution in [0.3, 0.4) is 0 Å². The molecule has 0 unspecified atom stereocenters. The summed E-state index contributed by atoms with van der Waals surface area (Å²) in [5.41, 5.74) is 2.07. The Kier molecular flexibility index (Phi) is 4.82. The van der Waals surface area contributed by atoms with Gasteiger partial charge in [-0.15, -0.1) is 0 Å². The molecule has 24 heavy (non-hydrogen) atoms. The predicted octanol–water partition coefficient (Wildman–Crippen LogP) is 4.27. The molecule has 0 aliphatic rings. The summed E-state index contributed by atoms with van der Waals surface area (Å²) in [6.07, 6.45) is 0. The highest BCUT2D eigenvalue weighted by atomic mass is 16.5. The Hall–Kier alpha value is -3.20. The Labute approximate surface area is 140 Å². The van der Waals surface area contributed by atoms with Crippen LogP contribution in [0.4, 0.5) is 0 Å². The molecule has 3 aromatic rings. The van der Waals surface area contributed by atoms with Crippen LogP contribution in [0.15, 0.2) is 84.9 Å². The van der Waals surface area contributed by atoms with E-state index in [2.05, 4.69) is 0 Å². The van der Waals surface area contributed by atoms with E-state index >= 15 is 0 Å². The van der Waals surface area contributed by atoms with E-state index in [0.717, 1.165) is 5.56 Å². The lowest BCUT2D eigenvalue weighted by Crippen LogP contribution is -2.12. The van der Waals surface area contributed by atoms with Crippen molar-refractivity contribution >= 4 is 11.8 Å². The highest BCUT2D eigenvalue weighted by molar-refractivity contribution is 6.14. The summed E-state index contributed by atoms with van der Waals surface area (Å²) >= 11 is 0. The molecule has 3 heteroatoms. The molecule has 3 rings (SSSR count). The number of ketones is 1. The first-order valence-corrected chi connectivity index (χ1v) is 7.65. The molecule has 0 radical (unpaired) electrons. The average molecular weight is 316 g/mol. The lowest BCUT2D eigenvalue weighted by Gasteiger charge is -2.09. The molecular weight excluding hydrogens is 300 g/mol. The molecule has 0 saturated carbocycles. The molecule has 0 aliphatic carbocycles. The second-order valence-electron chi connectivity index (χ2n) is 5.30. The van der Waals surface area contributed by atoms with Gasteiger partial charge in [0.25, 0.3) is 0 Å². The minimum Gasteiger partial charge on any atom is -0.457 e. The van der Waals surface area contributed by atoms with Gasteiger partial charge in [-0.05, 0) is 11.6 Å². The SMILES string of the molecule is O=C(OCc1ccccc1)c1ccccc1C(=O)c1ccccc1. The van der Waals surface area contributed by atoms with Crippen LogP contribution in [-0.2, 0) is 11.3 Å². The van der Waals surface area contributed by atoms with Crippen LogP contribution >= 0.6 is 0 Å².